The third-order valence-electron chi connectivity index (χ3n) is 6.46. The van der Waals surface area contributed by atoms with Gasteiger partial charge >= 0.3 is 6.61 Å². The fraction of sp³-hybridized carbons (Fsp3) is 0.619. The van der Waals surface area contributed by atoms with Crippen LogP contribution in [0.2, 0.25) is 0 Å². The molecule has 1 aromatic heterocycles. The summed E-state index contributed by atoms with van der Waals surface area (Å²) >= 11 is 0. The molecule has 26 heavy (non-hydrogen) atoms. The molecule has 0 radical (unpaired) electrons. The second-order valence-electron chi connectivity index (χ2n) is 8.00. The Morgan fingerprint density at radius 2 is 1.77 bits per heavy atom. The highest BCUT2D eigenvalue weighted by atomic mass is 19.3. The first-order chi connectivity index (χ1) is 12.5. The third-order valence-corrected chi connectivity index (χ3v) is 6.46. The second kappa shape index (κ2) is 7.28. The van der Waals surface area contributed by atoms with Gasteiger partial charge in [-0.25, -0.2) is 0 Å². The van der Waals surface area contributed by atoms with Crippen molar-refractivity contribution in [2.24, 2.45) is 5.92 Å². The molecule has 142 valence electrons. The van der Waals surface area contributed by atoms with Gasteiger partial charge in [-0.05, 0) is 63.0 Å². The molecule has 1 unspecified atom stereocenters. The largest absolute Gasteiger partial charge is 0.345 e. The third kappa shape index (κ3) is 3.39. The number of hydrogen-bond acceptors (Lipinski definition) is 2. The molecule has 1 saturated heterocycles. The number of ether oxygens (including phenoxy) is 1. The van der Waals surface area contributed by atoms with E-state index in [1.807, 2.05) is 0 Å². The van der Waals surface area contributed by atoms with Gasteiger partial charge in [-0.15, -0.1) is 0 Å². The molecule has 1 aromatic carbocycles. The van der Waals surface area contributed by atoms with E-state index in [1.54, 1.807) is 0 Å². The SMILES string of the molecule is Cc1cc2ccccc2n1C(C)C1CCC(N2CC(OC(F)F)C2)CC1. The van der Waals surface area contributed by atoms with Crippen LogP contribution in [-0.2, 0) is 4.74 Å². The summed E-state index contributed by atoms with van der Waals surface area (Å²) < 4.78 is 31.6. The van der Waals surface area contributed by atoms with Gasteiger partial charge in [0.15, 0.2) is 0 Å². The quantitative estimate of drug-likeness (QED) is 0.745. The van der Waals surface area contributed by atoms with Crippen molar-refractivity contribution in [2.45, 2.75) is 64.3 Å². The van der Waals surface area contributed by atoms with Gasteiger partial charge in [0, 0.05) is 36.4 Å². The first-order valence-corrected chi connectivity index (χ1v) is 9.77. The monoisotopic (exact) mass is 362 g/mol. The van der Waals surface area contributed by atoms with Crippen molar-refractivity contribution >= 4 is 10.9 Å². The molecule has 1 saturated carbocycles. The molecule has 0 bridgehead atoms. The lowest BCUT2D eigenvalue weighted by atomic mass is 9.80. The number of rotatable bonds is 5. The molecule has 5 heteroatoms. The van der Waals surface area contributed by atoms with Gasteiger partial charge < -0.3 is 9.30 Å². The van der Waals surface area contributed by atoms with E-state index in [1.165, 1.54) is 29.4 Å². The maximum Gasteiger partial charge on any atom is 0.345 e. The summed E-state index contributed by atoms with van der Waals surface area (Å²) in [6, 6.07) is 11.9. The maximum absolute atomic E-state index is 12.3. The standard InChI is InChI=1S/C21H28F2N2O/c1-14-11-17-5-3-4-6-20(17)25(14)15(2)16-7-9-18(10-8-16)24-12-19(13-24)26-21(22)23/h3-6,11,15-16,18-19,21H,7-10,12-13H2,1-2H3. The molecule has 3 nitrogen and oxygen atoms in total. The zero-order chi connectivity index (χ0) is 18.3. The number of aromatic nitrogens is 1. The molecule has 2 aromatic rings. The fourth-order valence-electron chi connectivity index (χ4n) is 5.01. The van der Waals surface area contributed by atoms with E-state index >= 15 is 0 Å². The summed E-state index contributed by atoms with van der Waals surface area (Å²) in [4.78, 5) is 2.32. The summed E-state index contributed by atoms with van der Waals surface area (Å²) in [6.45, 7) is 3.23. The lowest BCUT2D eigenvalue weighted by Crippen LogP contribution is -2.57. The van der Waals surface area contributed by atoms with Gasteiger partial charge in [0.25, 0.3) is 0 Å². The normalized spacial score (nSPS) is 26.3. The summed E-state index contributed by atoms with van der Waals surface area (Å²) in [5.74, 6) is 0.676. The molecular formula is C21H28F2N2O. The van der Waals surface area contributed by atoms with Gasteiger partial charge in [-0.3, -0.25) is 4.90 Å². The highest BCUT2D eigenvalue weighted by Gasteiger charge is 2.37. The van der Waals surface area contributed by atoms with Crippen molar-refractivity contribution in [3.05, 3.63) is 36.0 Å². The number of nitrogens with zero attached hydrogens (tertiary/aromatic N) is 2. The topological polar surface area (TPSA) is 17.4 Å². The van der Waals surface area contributed by atoms with E-state index < -0.39 is 6.61 Å². The van der Waals surface area contributed by atoms with Crippen LogP contribution in [0.1, 0.15) is 44.3 Å². The Bertz CT molecular complexity index is 746. The number of benzene rings is 1. The Kier molecular flexibility index (Phi) is 5.02. The van der Waals surface area contributed by atoms with E-state index in [9.17, 15) is 8.78 Å². The molecule has 2 fully saturated rings. The van der Waals surface area contributed by atoms with Crippen LogP contribution in [0.5, 0.6) is 0 Å². The Morgan fingerprint density at radius 3 is 2.46 bits per heavy atom. The summed E-state index contributed by atoms with van der Waals surface area (Å²) in [6.07, 6.45) is 4.45. The average Bonchev–Trinajstić information content (AvgIpc) is 2.93. The zero-order valence-electron chi connectivity index (χ0n) is 15.6. The minimum atomic E-state index is -2.64. The molecule has 0 N–H and O–H groups in total. The van der Waals surface area contributed by atoms with E-state index in [0.717, 1.165) is 12.8 Å². The predicted octanol–water partition coefficient (Wildman–Crippen LogP) is 4.99. The van der Waals surface area contributed by atoms with Gasteiger partial charge in [-0.2, -0.15) is 8.78 Å². The smallest absolute Gasteiger partial charge is 0.342 e. The summed E-state index contributed by atoms with van der Waals surface area (Å²) in [5, 5.41) is 1.32. The molecule has 4 rings (SSSR count). The first kappa shape index (κ1) is 17.9. The van der Waals surface area contributed by atoms with Crippen molar-refractivity contribution in [1.29, 1.82) is 0 Å². The minimum absolute atomic E-state index is 0.277. The van der Waals surface area contributed by atoms with Crippen LogP contribution in [0.3, 0.4) is 0 Å². The van der Waals surface area contributed by atoms with Crippen LogP contribution in [-0.4, -0.2) is 41.3 Å². The van der Waals surface area contributed by atoms with Crippen molar-refractivity contribution in [1.82, 2.24) is 9.47 Å². The van der Waals surface area contributed by atoms with Crippen LogP contribution < -0.4 is 0 Å². The minimum Gasteiger partial charge on any atom is -0.342 e. The van der Waals surface area contributed by atoms with E-state index in [-0.39, 0.29) is 6.10 Å². The van der Waals surface area contributed by atoms with Crippen molar-refractivity contribution < 1.29 is 13.5 Å². The molecule has 0 spiro atoms. The lowest BCUT2D eigenvalue weighted by molar-refractivity contribution is -0.202. The fourth-order valence-corrected chi connectivity index (χ4v) is 5.01. The highest BCUT2D eigenvalue weighted by molar-refractivity contribution is 5.81. The number of aryl methyl sites for hydroxylation is 1. The van der Waals surface area contributed by atoms with Crippen LogP contribution >= 0.6 is 0 Å². The van der Waals surface area contributed by atoms with Crippen molar-refractivity contribution in [2.75, 3.05) is 13.1 Å². The van der Waals surface area contributed by atoms with Gasteiger partial charge in [0.2, 0.25) is 0 Å². The Morgan fingerprint density at radius 1 is 1.08 bits per heavy atom. The van der Waals surface area contributed by atoms with Crippen LogP contribution in [0.25, 0.3) is 10.9 Å². The van der Waals surface area contributed by atoms with Gasteiger partial charge in [0.05, 0.1) is 6.10 Å². The Balaban J connectivity index is 1.35. The van der Waals surface area contributed by atoms with Crippen molar-refractivity contribution in [3.63, 3.8) is 0 Å². The van der Waals surface area contributed by atoms with Crippen LogP contribution in [0.4, 0.5) is 8.78 Å². The van der Waals surface area contributed by atoms with E-state index in [4.69, 9.17) is 0 Å². The molecule has 2 aliphatic rings. The maximum atomic E-state index is 12.3. The zero-order valence-corrected chi connectivity index (χ0v) is 15.6. The Labute approximate surface area is 153 Å². The highest BCUT2D eigenvalue weighted by Crippen LogP contribution is 2.38. The number of fused-ring (bicyclic) bond motifs is 1. The number of para-hydroxylation sites is 1. The number of likely N-dealkylation sites (tertiary alicyclic amines) is 1. The summed E-state index contributed by atoms with van der Waals surface area (Å²) in [5.41, 5.74) is 2.66. The van der Waals surface area contributed by atoms with Crippen molar-refractivity contribution in [3.8, 4) is 0 Å². The summed E-state index contributed by atoms with van der Waals surface area (Å²) in [7, 11) is 0. The molecule has 1 aliphatic carbocycles. The average molecular weight is 362 g/mol. The predicted molar refractivity (Wildman–Crippen MR) is 99.6 cm³/mol. The molecular weight excluding hydrogens is 334 g/mol. The molecule has 2 heterocycles. The molecule has 0 amide bonds. The van der Waals surface area contributed by atoms with Gasteiger partial charge in [0.1, 0.15) is 0 Å². The Hall–Kier alpha value is -1.46. The van der Waals surface area contributed by atoms with E-state index in [2.05, 4.69) is 58.4 Å². The van der Waals surface area contributed by atoms with E-state index in [0.29, 0.717) is 31.1 Å². The van der Waals surface area contributed by atoms with Crippen LogP contribution in [0, 0.1) is 12.8 Å². The molecule has 1 atom stereocenters. The number of hydrogen-bond donors (Lipinski definition) is 0. The lowest BCUT2D eigenvalue weighted by Gasteiger charge is -2.46. The van der Waals surface area contributed by atoms with Crippen LogP contribution in [0.15, 0.2) is 30.3 Å². The first-order valence-electron chi connectivity index (χ1n) is 9.77. The van der Waals surface area contributed by atoms with Gasteiger partial charge in [-0.1, -0.05) is 18.2 Å². The number of halogens is 2. The second-order valence-corrected chi connectivity index (χ2v) is 8.00. The number of alkyl halides is 2. The molecule has 1 aliphatic heterocycles.